The number of rotatable bonds is 40. The van der Waals surface area contributed by atoms with Crippen molar-refractivity contribution in [2.45, 2.75) is 218 Å². The van der Waals surface area contributed by atoms with Crippen molar-refractivity contribution in [2.75, 3.05) is 19.8 Å². The summed E-state index contributed by atoms with van der Waals surface area (Å²) in [6, 6.07) is -1.56. The summed E-state index contributed by atoms with van der Waals surface area (Å²) in [5.41, 5.74) is 5.34. The van der Waals surface area contributed by atoms with E-state index in [0.29, 0.717) is 38.5 Å². The van der Waals surface area contributed by atoms with E-state index in [1.807, 2.05) is 6.08 Å². The molecule has 14 nitrogen and oxygen atoms in total. The number of carboxylic acid groups (broad SMARTS) is 1. The lowest BCUT2D eigenvalue weighted by molar-refractivity contribution is -0.161. The number of carbonyl (C=O) groups excluding carboxylic acids is 2. The number of esters is 2. The van der Waals surface area contributed by atoms with E-state index in [-0.39, 0.29) is 24.7 Å². The van der Waals surface area contributed by atoms with Crippen LogP contribution in [-0.4, -0.2) is 93.5 Å². The highest BCUT2D eigenvalue weighted by molar-refractivity contribution is 7.47. The van der Waals surface area contributed by atoms with Crippen LogP contribution in [0, 0.1) is 11.8 Å². The summed E-state index contributed by atoms with van der Waals surface area (Å²) in [5, 5.41) is 40.3. The predicted molar refractivity (Wildman–Crippen MR) is 237 cm³/mol. The number of aliphatic hydroxyl groups is 3. The molecule has 7 N–H and O–H groups in total. The Kier molecular flexibility index (Phi) is 33.7. The molecule has 1 unspecified atom stereocenters. The van der Waals surface area contributed by atoms with Gasteiger partial charge in [0, 0.05) is 25.2 Å². The summed E-state index contributed by atoms with van der Waals surface area (Å²) < 4.78 is 32.8. The number of phosphoric acid groups is 1. The molecule has 0 spiro atoms. The minimum Gasteiger partial charge on any atom is -0.480 e. The van der Waals surface area contributed by atoms with E-state index in [4.69, 9.17) is 24.8 Å². The van der Waals surface area contributed by atoms with Crippen LogP contribution >= 0.6 is 7.82 Å². The van der Waals surface area contributed by atoms with Crippen LogP contribution < -0.4 is 5.73 Å². The molecule has 1 aliphatic rings. The first-order chi connectivity index (χ1) is 29.3. The molecule has 0 aromatic rings. The van der Waals surface area contributed by atoms with Crippen LogP contribution in [0.3, 0.4) is 0 Å². The van der Waals surface area contributed by atoms with Crippen LogP contribution in [-0.2, 0) is 37.5 Å². The maximum absolute atomic E-state index is 12.8. The van der Waals surface area contributed by atoms with E-state index in [1.54, 1.807) is 6.08 Å². The molecule has 0 saturated heterocycles. The number of carbonyl (C=O) groups is 3. The quantitative estimate of drug-likeness (QED) is 0.0146. The molecule has 356 valence electrons. The Morgan fingerprint density at radius 3 is 1.84 bits per heavy atom. The third-order valence-corrected chi connectivity index (χ3v) is 12.2. The van der Waals surface area contributed by atoms with Gasteiger partial charge in [0.05, 0.1) is 31.5 Å². The lowest BCUT2D eigenvalue weighted by Gasteiger charge is -2.21. The molecule has 8 atom stereocenters. The van der Waals surface area contributed by atoms with Crippen molar-refractivity contribution in [1.82, 2.24) is 0 Å². The molecule has 61 heavy (non-hydrogen) atoms. The van der Waals surface area contributed by atoms with Crippen molar-refractivity contribution < 1.29 is 62.8 Å². The first kappa shape index (κ1) is 56.9. The van der Waals surface area contributed by atoms with Crippen molar-refractivity contribution >= 4 is 25.7 Å². The zero-order valence-corrected chi connectivity index (χ0v) is 38.5. The number of aliphatic hydroxyl groups excluding tert-OH is 3. The third kappa shape index (κ3) is 30.5. The highest BCUT2D eigenvalue weighted by Gasteiger charge is 2.39. The van der Waals surface area contributed by atoms with Crippen molar-refractivity contribution in [2.24, 2.45) is 17.6 Å². The maximum Gasteiger partial charge on any atom is 0.472 e. The van der Waals surface area contributed by atoms with Gasteiger partial charge in [-0.1, -0.05) is 141 Å². The molecular formula is C46H84NO13P. The van der Waals surface area contributed by atoms with Crippen LogP contribution in [0.4, 0.5) is 0 Å². The molecule has 0 radical (unpaired) electrons. The predicted octanol–water partition coefficient (Wildman–Crippen LogP) is 9.00. The van der Waals surface area contributed by atoms with Gasteiger partial charge in [0.1, 0.15) is 12.6 Å². The summed E-state index contributed by atoms with van der Waals surface area (Å²) in [6.45, 7) is 2.49. The van der Waals surface area contributed by atoms with E-state index in [1.165, 1.54) is 57.8 Å². The van der Waals surface area contributed by atoms with Gasteiger partial charge >= 0.3 is 25.7 Å². The van der Waals surface area contributed by atoms with Crippen LogP contribution in [0.1, 0.15) is 187 Å². The Morgan fingerprint density at radius 1 is 0.705 bits per heavy atom. The molecule has 0 bridgehead atoms. The summed E-state index contributed by atoms with van der Waals surface area (Å²) in [7, 11) is -4.78. The number of hydrogen-bond donors (Lipinski definition) is 6. The van der Waals surface area contributed by atoms with Crippen molar-refractivity contribution in [3.05, 3.63) is 24.3 Å². The number of nitrogens with two attached hydrogens (primary N) is 1. The second-order valence-corrected chi connectivity index (χ2v) is 18.3. The monoisotopic (exact) mass is 890 g/mol. The highest BCUT2D eigenvalue weighted by Crippen LogP contribution is 2.43. The van der Waals surface area contributed by atoms with Gasteiger partial charge in [0.15, 0.2) is 6.10 Å². The molecule has 1 rings (SSSR count). The number of unbranched alkanes of at least 4 members (excludes halogenated alkanes) is 18. The van der Waals surface area contributed by atoms with Gasteiger partial charge in [0.25, 0.3) is 0 Å². The second kappa shape index (κ2) is 36.2. The second-order valence-electron chi connectivity index (χ2n) is 16.9. The van der Waals surface area contributed by atoms with E-state index in [2.05, 4.69) is 30.5 Å². The molecule has 0 aliphatic heterocycles. The lowest BCUT2D eigenvalue weighted by Crippen LogP contribution is -2.34. The first-order valence-corrected chi connectivity index (χ1v) is 25.1. The summed E-state index contributed by atoms with van der Waals surface area (Å²) in [6.07, 6.45) is 30.1. The van der Waals surface area contributed by atoms with Crippen molar-refractivity contribution in [3.8, 4) is 0 Å². The Labute approximate surface area is 367 Å². The lowest BCUT2D eigenvalue weighted by atomic mass is 9.88. The normalized spacial score (nSPS) is 20.5. The van der Waals surface area contributed by atoms with Gasteiger partial charge in [-0.15, -0.1) is 0 Å². The Hall–Kier alpha value is -2.16. The number of phosphoric ester groups is 1. The van der Waals surface area contributed by atoms with E-state index < -0.39 is 76.0 Å². The molecule has 1 fully saturated rings. The van der Waals surface area contributed by atoms with Gasteiger partial charge in [-0.25, -0.2) is 4.57 Å². The van der Waals surface area contributed by atoms with E-state index >= 15 is 0 Å². The van der Waals surface area contributed by atoms with Gasteiger partial charge in [0.2, 0.25) is 0 Å². The molecule has 1 saturated carbocycles. The van der Waals surface area contributed by atoms with Crippen molar-refractivity contribution in [1.29, 1.82) is 0 Å². The van der Waals surface area contributed by atoms with Gasteiger partial charge in [-0.05, 0) is 57.3 Å². The molecule has 15 heteroatoms. The summed E-state index contributed by atoms with van der Waals surface area (Å²) in [4.78, 5) is 46.3. The SMILES string of the molecule is CCCCCCCC/C=C\CCCCCCCCCC(=O)OC[C@H](COP(=O)(O)OC[C@H](N)C(=O)O)OC(=O)CCCCCC[C@@H]1[C@@H](/C=C/[C@@H](O)CCCCC)[C@H](O)C[C@@H]1O. The molecular weight excluding hydrogens is 805 g/mol. The average molecular weight is 890 g/mol. The number of ether oxygens (including phenoxy) is 2. The van der Waals surface area contributed by atoms with Crippen molar-refractivity contribution in [3.63, 3.8) is 0 Å². The number of carboxylic acids is 1. The van der Waals surface area contributed by atoms with Crippen LogP contribution in [0.2, 0.25) is 0 Å². The Morgan fingerprint density at radius 2 is 1.23 bits per heavy atom. The maximum atomic E-state index is 12.8. The molecule has 0 aromatic heterocycles. The van der Waals surface area contributed by atoms with E-state index in [9.17, 15) is 39.2 Å². The van der Waals surface area contributed by atoms with E-state index in [0.717, 1.165) is 64.2 Å². The third-order valence-electron chi connectivity index (χ3n) is 11.3. The molecule has 1 aliphatic carbocycles. The van der Waals surface area contributed by atoms with Crippen LogP contribution in [0.5, 0.6) is 0 Å². The first-order valence-electron chi connectivity index (χ1n) is 23.6. The Bertz CT molecular complexity index is 1250. The highest BCUT2D eigenvalue weighted by atomic mass is 31.2. The minimum atomic E-state index is -4.78. The molecule has 0 amide bonds. The fraction of sp³-hybridized carbons (Fsp3) is 0.848. The fourth-order valence-corrected chi connectivity index (χ4v) is 8.29. The Balaban J connectivity index is 2.44. The zero-order valence-electron chi connectivity index (χ0n) is 37.6. The zero-order chi connectivity index (χ0) is 45.1. The smallest absolute Gasteiger partial charge is 0.472 e. The molecule has 0 heterocycles. The number of aliphatic carboxylic acids is 1. The fourth-order valence-electron chi connectivity index (χ4n) is 7.51. The summed E-state index contributed by atoms with van der Waals surface area (Å²) >= 11 is 0. The van der Waals surface area contributed by atoms with Gasteiger partial charge < -0.3 is 40.5 Å². The van der Waals surface area contributed by atoms with Gasteiger partial charge in [-0.2, -0.15) is 0 Å². The largest absolute Gasteiger partial charge is 0.480 e. The van der Waals surface area contributed by atoms with Crippen LogP contribution in [0.15, 0.2) is 24.3 Å². The average Bonchev–Trinajstić information content (AvgIpc) is 3.49. The topological polar surface area (TPSA) is 232 Å². The number of allylic oxidation sites excluding steroid dienone is 2. The molecule has 0 aromatic carbocycles. The number of hydrogen-bond acceptors (Lipinski definition) is 12. The summed E-state index contributed by atoms with van der Waals surface area (Å²) in [5.74, 6) is -2.90. The standard InChI is InChI=1S/C46H84NO13P/c1-3-5-7-8-9-10-11-12-13-14-15-16-17-18-19-20-25-29-44(51)57-34-38(35-58-61(55,56)59-36-41(47)46(53)54)60-45(52)30-26-22-21-24-28-39-40(43(50)33-42(39)49)32-31-37(48)27-23-6-4-2/h12-13,31-32,37-43,48-50H,3-11,14-30,33-36,47H2,1-2H3,(H,53,54)(H,55,56)/b13-12-,32-31+/t37-,38+,39+,40+,41-,42-,43+/m0/s1. The van der Waals surface area contributed by atoms with Gasteiger partial charge in [-0.3, -0.25) is 23.4 Å². The minimum absolute atomic E-state index is 0.0349. The van der Waals surface area contributed by atoms with Crippen LogP contribution in [0.25, 0.3) is 0 Å².